The number of nitrogens with zero attached hydrogens (tertiary/aromatic N) is 1. The molecule has 3 rings (SSSR count). The number of amides is 1. The Bertz CT molecular complexity index is 716. The molecule has 2 aromatic carbocycles. The zero-order valence-corrected chi connectivity index (χ0v) is 14.0. The number of halogens is 1. The number of aryl methyl sites for hydroxylation is 1. The molecule has 0 saturated carbocycles. The van der Waals surface area contributed by atoms with E-state index in [4.69, 9.17) is 0 Å². The van der Waals surface area contributed by atoms with Gasteiger partial charge in [0, 0.05) is 12.1 Å². The number of carbonyl (C=O) groups excluding carboxylic acids is 1. The summed E-state index contributed by atoms with van der Waals surface area (Å²) in [7, 11) is 1.83. The molecule has 3 nitrogen and oxygen atoms in total. The van der Waals surface area contributed by atoms with Crippen LogP contribution in [0.5, 0.6) is 0 Å². The highest BCUT2D eigenvalue weighted by atomic mass is 19.1. The van der Waals surface area contributed by atoms with Crippen LogP contribution in [0.25, 0.3) is 0 Å². The Morgan fingerprint density at radius 1 is 1.21 bits per heavy atom. The van der Waals surface area contributed by atoms with Crippen LogP contribution in [0.2, 0.25) is 0 Å². The van der Waals surface area contributed by atoms with Gasteiger partial charge < -0.3 is 5.32 Å². The van der Waals surface area contributed by atoms with Crippen molar-refractivity contribution in [3.05, 3.63) is 71.0 Å². The molecular formula is C20H23FN2O. The average Bonchev–Trinajstić information content (AvgIpc) is 2.57. The van der Waals surface area contributed by atoms with Crippen molar-refractivity contribution in [2.24, 2.45) is 0 Å². The molecule has 2 aromatic rings. The minimum absolute atomic E-state index is 0.0180. The van der Waals surface area contributed by atoms with E-state index in [0.29, 0.717) is 12.1 Å². The lowest BCUT2D eigenvalue weighted by molar-refractivity contribution is -0.122. The zero-order valence-electron chi connectivity index (χ0n) is 14.0. The van der Waals surface area contributed by atoms with Crippen LogP contribution in [0.3, 0.4) is 0 Å². The fourth-order valence-electron chi connectivity index (χ4n) is 3.36. The summed E-state index contributed by atoms with van der Waals surface area (Å²) in [6.45, 7) is 0.675. The van der Waals surface area contributed by atoms with Crippen LogP contribution >= 0.6 is 0 Å². The zero-order chi connectivity index (χ0) is 16.9. The first-order chi connectivity index (χ1) is 11.6. The largest absolute Gasteiger partial charge is 0.348 e. The van der Waals surface area contributed by atoms with Gasteiger partial charge in [-0.3, -0.25) is 9.69 Å². The normalized spacial score (nSPS) is 16.7. The van der Waals surface area contributed by atoms with E-state index in [0.717, 1.165) is 19.3 Å². The van der Waals surface area contributed by atoms with E-state index in [1.54, 1.807) is 12.1 Å². The van der Waals surface area contributed by atoms with Crippen LogP contribution in [-0.4, -0.2) is 24.4 Å². The van der Waals surface area contributed by atoms with Crippen molar-refractivity contribution in [1.82, 2.24) is 10.2 Å². The number of nitrogens with one attached hydrogen (secondary N) is 1. The number of hydrogen-bond donors (Lipinski definition) is 1. The van der Waals surface area contributed by atoms with Crippen molar-refractivity contribution >= 4 is 5.91 Å². The van der Waals surface area contributed by atoms with Crippen LogP contribution in [0, 0.1) is 5.82 Å². The lowest BCUT2D eigenvalue weighted by atomic mass is 9.88. The Kier molecular flexibility index (Phi) is 5.26. The van der Waals surface area contributed by atoms with Crippen molar-refractivity contribution in [3.63, 3.8) is 0 Å². The maximum atomic E-state index is 13.7. The van der Waals surface area contributed by atoms with Crippen molar-refractivity contribution in [2.75, 3.05) is 13.6 Å². The second-order valence-corrected chi connectivity index (χ2v) is 6.47. The summed E-state index contributed by atoms with van der Waals surface area (Å²) >= 11 is 0. The van der Waals surface area contributed by atoms with E-state index < -0.39 is 0 Å². The van der Waals surface area contributed by atoms with Gasteiger partial charge in [0.1, 0.15) is 5.82 Å². The number of likely N-dealkylation sites (N-methyl/N-ethyl adjacent to an activating group) is 1. The van der Waals surface area contributed by atoms with Gasteiger partial charge in [0.25, 0.3) is 0 Å². The van der Waals surface area contributed by atoms with Gasteiger partial charge in [-0.15, -0.1) is 0 Å². The van der Waals surface area contributed by atoms with Gasteiger partial charge in [0.2, 0.25) is 5.91 Å². The molecule has 0 unspecified atom stereocenters. The molecule has 0 saturated heterocycles. The van der Waals surface area contributed by atoms with Crippen LogP contribution < -0.4 is 5.32 Å². The molecule has 0 aromatic heterocycles. The number of carbonyl (C=O) groups is 1. The van der Waals surface area contributed by atoms with Crippen LogP contribution in [0.15, 0.2) is 48.5 Å². The molecule has 1 aliphatic carbocycles. The topological polar surface area (TPSA) is 32.3 Å². The molecule has 1 aliphatic rings. The molecule has 0 radical (unpaired) electrons. The van der Waals surface area contributed by atoms with E-state index in [1.807, 2.05) is 30.1 Å². The number of fused-ring (bicyclic) bond motifs is 1. The van der Waals surface area contributed by atoms with Crippen molar-refractivity contribution < 1.29 is 9.18 Å². The molecule has 126 valence electrons. The minimum atomic E-state index is -0.231. The van der Waals surface area contributed by atoms with E-state index >= 15 is 0 Å². The van der Waals surface area contributed by atoms with Gasteiger partial charge in [0.05, 0.1) is 12.6 Å². The van der Waals surface area contributed by atoms with E-state index in [2.05, 4.69) is 17.4 Å². The Hall–Kier alpha value is -2.20. The molecule has 0 aliphatic heterocycles. The van der Waals surface area contributed by atoms with Gasteiger partial charge in [-0.25, -0.2) is 4.39 Å². The van der Waals surface area contributed by atoms with Gasteiger partial charge in [-0.2, -0.15) is 0 Å². The second kappa shape index (κ2) is 7.58. The Morgan fingerprint density at radius 2 is 1.96 bits per heavy atom. The van der Waals surface area contributed by atoms with Gasteiger partial charge in [0.15, 0.2) is 0 Å². The number of benzene rings is 2. The third-order valence-electron chi connectivity index (χ3n) is 4.52. The van der Waals surface area contributed by atoms with E-state index in [-0.39, 0.29) is 24.3 Å². The van der Waals surface area contributed by atoms with Gasteiger partial charge in [-0.05, 0) is 43.5 Å². The lowest BCUT2D eigenvalue weighted by Gasteiger charge is -2.27. The molecule has 1 N–H and O–H groups in total. The Labute approximate surface area is 142 Å². The highest BCUT2D eigenvalue weighted by molar-refractivity contribution is 5.78. The third-order valence-corrected chi connectivity index (χ3v) is 4.52. The molecule has 24 heavy (non-hydrogen) atoms. The Morgan fingerprint density at radius 3 is 2.79 bits per heavy atom. The molecule has 1 amide bonds. The van der Waals surface area contributed by atoms with Gasteiger partial charge >= 0.3 is 0 Å². The minimum Gasteiger partial charge on any atom is -0.348 e. The molecule has 0 bridgehead atoms. The highest BCUT2D eigenvalue weighted by Gasteiger charge is 2.21. The van der Waals surface area contributed by atoms with E-state index in [9.17, 15) is 9.18 Å². The van der Waals surface area contributed by atoms with E-state index in [1.165, 1.54) is 17.2 Å². The summed E-state index contributed by atoms with van der Waals surface area (Å²) in [6.07, 6.45) is 3.14. The van der Waals surface area contributed by atoms with Crippen molar-refractivity contribution in [2.45, 2.75) is 31.8 Å². The van der Waals surface area contributed by atoms with Crippen molar-refractivity contribution in [1.29, 1.82) is 0 Å². The predicted octanol–water partition coefficient (Wildman–Crippen LogP) is 3.45. The maximum absolute atomic E-state index is 13.7. The summed E-state index contributed by atoms with van der Waals surface area (Å²) in [5.41, 5.74) is 3.17. The first kappa shape index (κ1) is 16.7. The third kappa shape index (κ3) is 4.01. The molecule has 1 atom stereocenters. The molecule has 0 heterocycles. The Balaban J connectivity index is 1.57. The first-order valence-corrected chi connectivity index (χ1v) is 8.42. The predicted molar refractivity (Wildman–Crippen MR) is 93.0 cm³/mol. The second-order valence-electron chi connectivity index (χ2n) is 6.47. The highest BCUT2D eigenvalue weighted by Crippen LogP contribution is 2.29. The SMILES string of the molecule is CN(CC(=O)N[C@@H]1CCCc2ccccc21)Cc1ccccc1F. The van der Waals surface area contributed by atoms with Crippen LogP contribution in [-0.2, 0) is 17.8 Å². The summed E-state index contributed by atoms with van der Waals surface area (Å²) in [5, 5.41) is 3.13. The fraction of sp³-hybridized carbons (Fsp3) is 0.350. The van der Waals surface area contributed by atoms with Crippen LogP contribution in [0.4, 0.5) is 4.39 Å². The summed E-state index contributed by atoms with van der Waals surface area (Å²) in [6, 6.07) is 15.1. The standard InChI is InChI=1S/C20H23FN2O/c1-23(13-16-8-3-5-11-18(16)21)14-20(24)22-19-12-6-9-15-7-2-4-10-17(15)19/h2-5,7-8,10-11,19H,6,9,12-14H2,1H3,(H,22,24)/t19-/m1/s1. The first-order valence-electron chi connectivity index (χ1n) is 8.42. The summed E-state index contributed by atoms with van der Waals surface area (Å²) < 4.78 is 13.7. The quantitative estimate of drug-likeness (QED) is 0.913. The lowest BCUT2D eigenvalue weighted by Crippen LogP contribution is -2.38. The summed E-state index contributed by atoms with van der Waals surface area (Å²) in [4.78, 5) is 14.2. The molecule has 4 heteroatoms. The smallest absolute Gasteiger partial charge is 0.234 e. The molecule has 0 spiro atoms. The number of rotatable bonds is 5. The van der Waals surface area contributed by atoms with Gasteiger partial charge in [-0.1, -0.05) is 42.5 Å². The van der Waals surface area contributed by atoms with Crippen LogP contribution in [0.1, 0.15) is 35.6 Å². The average molecular weight is 326 g/mol. The molecular weight excluding hydrogens is 303 g/mol. The molecule has 0 fully saturated rings. The number of hydrogen-bond acceptors (Lipinski definition) is 2. The monoisotopic (exact) mass is 326 g/mol. The fourth-order valence-corrected chi connectivity index (χ4v) is 3.36. The maximum Gasteiger partial charge on any atom is 0.234 e. The summed E-state index contributed by atoms with van der Waals surface area (Å²) in [5.74, 6) is -0.249. The van der Waals surface area contributed by atoms with Crippen molar-refractivity contribution in [3.8, 4) is 0 Å².